The molecule has 0 amide bonds. The fourth-order valence-corrected chi connectivity index (χ4v) is 2.44. The minimum Gasteiger partial charge on any atom is -0.490 e. The van der Waals surface area contributed by atoms with Crippen molar-refractivity contribution in [3.05, 3.63) is 47.0 Å². The van der Waals surface area contributed by atoms with E-state index < -0.39 is 0 Å². The number of benzene rings is 1. The van der Waals surface area contributed by atoms with Crippen LogP contribution in [-0.2, 0) is 13.0 Å². The van der Waals surface area contributed by atoms with E-state index in [9.17, 15) is 0 Å². The van der Waals surface area contributed by atoms with Crippen LogP contribution in [0.2, 0.25) is 5.02 Å². The number of nitrogens with zero attached hydrogens (tertiary/aromatic N) is 2. The van der Waals surface area contributed by atoms with Gasteiger partial charge in [0.05, 0.1) is 11.6 Å². The van der Waals surface area contributed by atoms with Crippen LogP contribution in [0.1, 0.15) is 24.7 Å². The Kier molecular flexibility index (Phi) is 5.65. The Morgan fingerprint density at radius 3 is 2.90 bits per heavy atom. The molecular formula is C16H22ClN3O. The van der Waals surface area contributed by atoms with Gasteiger partial charge in [-0.15, -0.1) is 0 Å². The van der Waals surface area contributed by atoms with E-state index >= 15 is 0 Å². The second-order valence-corrected chi connectivity index (χ2v) is 5.52. The number of rotatable bonds is 7. The smallest absolute Gasteiger partial charge is 0.141 e. The average molecular weight is 308 g/mol. The molecule has 2 aromatic rings. The number of para-hydroxylation sites is 1. The van der Waals surface area contributed by atoms with Gasteiger partial charge in [0, 0.05) is 18.4 Å². The molecule has 0 radical (unpaired) electrons. The van der Waals surface area contributed by atoms with Crippen LogP contribution in [0.5, 0.6) is 5.75 Å². The lowest BCUT2D eigenvalue weighted by Crippen LogP contribution is -2.22. The van der Waals surface area contributed by atoms with Crippen molar-refractivity contribution < 1.29 is 4.74 Å². The first-order valence-corrected chi connectivity index (χ1v) is 7.63. The van der Waals surface area contributed by atoms with Crippen LogP contribution in [-0.4, -0.2) is 22.2 Å². The van der Waals surface area contributed by atoms with Crippen molar-refractivity contribution >= 4 is 11.6 Å². The van der Waals surface area contributed by atoms with Crippen LogP contribution in [0.4, 0.5) is 0 Å². The second-order valence-electron chi connectivity index (χ2n) is 5.12. The maximum absolute atomic E-state index is 6.26. The van der Waals surface area contributed by atoms with E-state index in [-0.39, 0.29) is 6.04 Å². The number of nitrogens with two attached hydrogens (primary N) is 1. The van der Waals surface area contributed by atoms with Crippen LogP contribution in [0.3, 0.4) is 0 Å². The Balaban J connectivity index is 2.03. The molecule has 0 fully saturated rings. The molecule has 1 atom stereocenters. The SMILES string of the molecule is CCC(N)Cc1cccc(Cl)c1OCCn1ccnc1C. The molecule has 1 aromatic carbocycles. The summed E-state index contributed by atoms with van der Waals surface area (Å²) in [6.45, 7) is 5.35. The summed E-state index contributed by atoms with van der Waals surface area (Å²) in [4.78, 5) is 4.19. The van der Waals surface area contributed by atoms with E-state index in [4.69, 9.17) is 22.1 Å². The number of halogens is 1. The summed E-state index contributed by atoms with van der Waals surface area (Å²) in [5, 5.41) is 0.637. The monoisotopic (exact) mass is 307 g/mol. The van der Waals surface area contributed by atoms with Gasteiger partial charge < -0.3 is 15.0 Å². The molecule has 0 saturated heterocycles. The normalized spacial score (nSPS) is 12.4. The van der Waals surface area contributed by atoms with Gasteiger partial charge in [-0.2, -0.15) is 0 Å². The topological polar surface area (TPSA) is 53.1 Å². The Morgan fingerprint density at radius 2 is 2.24 bits per heavy atom. The average Bonchev–Trinajstić information content (AvgIpc) is 2.87. The highest BCUT2D eigenvalue weighted by molar-refractivity contribution is 6.32. The summed E-state index contributed by atoms with van der Waals surface area (Å²) in [6.07, 6.45) is 5.44. The van der Waals surface area contributed by atoms with Crippen LogP contribution in [0, 0.1) is 6.92 Å². The largest absolute Gasteiger partial charge is 0.490 e. The number of ether oxygens (including phenoxy) is 1. The summed E-state index contributed by atoms with van der Waals surface area (Å²) >= 11 is 6.26. The molecule has 0 bridgehead atoms. The lowest BCUT2D eigenvalue weighted by Gasteiger charge is -2.16. The summed E-state index contributed by atoms with van der Waals surface area (Å²) < 4.78 is 7.96. The van der Waals surface area contributed by atoms with Gasteiger partial charge in [-0.25, -0.2) is 4.98 Å². The third kappa shape index (κ3) is 4.22. The number of aryl methyl sites for hydroxylation is 1. The maximum atomic E-state index is 6.26. The van der Waals surface area contributed by atoms with Crippen LogP contribution < -0.4 is 10.5 Å². The van der Waals surface area contributed by atoms with Gasteiger partial charge in [-0.1, -0.05) is 30.7 Å². The standard InChI is InChI=1S/C16H22ClN3O/c1-3-14(18)11-13-5-4-6-15(17)16(13)21-10-9-20-8-7-19-12(20)2/h4-8,14H,3,9-11,18H2,1-2H3. The Hall–Kier alpha value is -1.52. The van der Waals surface area contributed by atoms with Crippen LogP contribution in [0.25, 0.3) is 0 Å². The van der Waals surface area contributed by atoms with E-state index in [1.807, 2.05) is 35.9 Å². The molecule has 4 nitrogen and oxygen atoms in total. The molecule has 2 N–H and O–H groups in total. The molecule has 0 spiro atoms. The first-order valence-electron chi connectivity index (χ1n) is 7.25. The molecule has 21 heavy (non-hydrogen) atoms. The molecule has 0 aliphatic rings. The Labute approximate surface area is 130 Å². The summed E-state index contributed by atoms with van der Waals surface area (Å²) in [5.74, 6) is 1.73. The van der Waals surface area contributed by atoms with Gasteiger partial charge in [0.2, 0.25) is 0 Å². The van der Waals surface area contributed by atoms with Crippen LogP contribution in [0.15, 0.2) is 30.6 Å². The highest BCUT2D eigenvalue weighted by Gasteiger charge is 2.11. The number of aromatic nitrogens is 2. The molecule has 1 heterocycles. The number of hydrogen-bond donors (Lipinski definition) is 1. The first kappa shape index (κ1) is 15.9. The fourth-order valence-electron chi connectivity index (χ4n) is 2.19. The molecule has 0 aliphatic heterocycles. The molecule has 1 aromatic heterocycles. The van der Waals surface area contributed by atoms with Gasteiger partial charge in [0.25, 0.3) is 0 Å². The van der Waals surface area contributed by atoms with E-state index in [1.165, 1.54) is 0 Å². The first-order chi connectivity index (χ1) is 10.1. The summed E-state index contributed by atoms with van der Waals surface area (Å²) in [6, 6.07) is 5.94. The third-order valence-corrected chi connectivity index (χ3v) is 3.85. The minimum absolute atomic E-state index is 0.127. The highest BCUT2D eigenvalue weighted by Crippen LogP contribution is 2.29. The van der Waals surface area contributed by atoms with Crippen molar-refractivity contribution in [2.24, 2.45) is 5.73 Å². The van der Waals surface area contributed by atoms with Gasteiger partial charge >= 0.3 is 0 Å². The van der Waals surface area contributed by atoms with Crippen molar-refractivity contribution in [3.8, 4) is 5.75 Å². The third-order valence-electron chi connectivity index (χ3n) is 3.56. The molecule has 5 heteroatoms. The Bertz CT molecular complexity index is 583. The zero-order valence-corrected chi connectivity index (χ0v) is 13.3. The second kappa shape index (κ2) is 7.48. The maximum Gasteiger partial charge on any atom is 0.141 e. The molecule has 0 aliphatic carbocycles. The van der Waals surface area contributed by atoms with Crippen molar-refractivity contribution in [2.75, 3.05) is 6.61 Å². The lowest BCUT2D eigenvalue weighted by molar-refractivity contribution is 0.293. The summed E-state index contributed by atoms with van der Waals surface area (Å²) in [5.41, 5.74) is 7.11. The number of hydrogen-bond acceptors (Lipinski definition) is 3. The van der Waals surface area contributed by atoms with Crippen molar-refractivity contribution in [3.63, 3.8) is 0 Å². The van der Waals surface area contributed by atoms with E-state index in [0.717, 1.165) is 36.5 Å². The zero-order valence-electron chi connectivity index (χ0n) is 12.6. The van der Waals surface area contributed by atoms with Gasteiger partial charge in [0.1, 0.15) is 18.2 Å². The van der Waals surface area contributed by atoms with Crippen molar-refractivity contribution in [1.82, 2.24) is 9.55 Å². The highest BCUT2D eigenvalue weighted by atomic mass is 35.5. The predicted molar refractivity (Wildman–Crippen MR) is 85.9 cm³/mol. The van der Waals surface area contributed by atoms with Crippen molar-refractivity contribution in [2.45, 2.75) is 39.3 Å². The minimum atomic E-state index is 0.127. The molecule has 114 valence electrons. The molecular weight excluding hydrogens is 286 g/mol. The van der Waals surface area contributed by atoms with Gasteiger partial charge in [-0.3, -0.25) is 0 Å². The lowest BCUT2D eigenvalue weighted by atomic mass is 10.0. The Morgan fingerprint density at radius 1 is 1.43 bits per heavy atom. The van der Waals surface area contributed by atoms with Crippen LogP contribution >= 0.6 is 11.6 Å². The van der Waals surface area contributed by atoms with Crippen molar-refractivity contribution in [1.29, 1.82) is 0 Å². The number of imidazole rings is 1. The quantitative estimate of drug-likeness (QED) is 0.854. The van der Waals surface area contributed by atoms with E-state index in [0.29, 0.717) is 11.6 Å². The van der Waals surface area contributed by atoms with E-state index in [2.05, 4.69) is 11.9 Å². The molecule has 1 unspecified atom stereocenters. The van der Waals surface area contributed by atoms with Gasteiger partial charge in [0.15, 0.2) is 0 Å². The van der Waals surface area contributed by atoms with Gasteiger partial charge in [-0.05, 0) is 31.4 Å². The van der Waals surface area contributed by atoms with E-state index in [1.54, 1.807) is 6.20 Å². The predicted octanol–water partition coefficient (Wildman–Crippen LogP) is 3.20. The zero-order chi connectivity index (χ0) is 15.2. The molecule has 0 saturated carbocycles. The molecule has 2 rings (SSSR count). The fraction of sp³-hybridized carbons (Fsp3) is 0.438. The summed E-state index contributed by atoms with van der Waals surface area (Å²) in [7, 11) is 0.